The Kier molecular flexibility index (Phi) is 10.3. The lowest BCUT2D eigenvalue weighted by molar-refractivity contribution is -0.140. The number of anilines is 1. The lowest BCUT2D eigenvalue weighted by Gasteiger charge is -2.34. The van der Waals surface area contributed by atoms with Crippen LogP contribution in [0.25, 0.3) is 0 Å². The molecule has 1 saturated carbocycles. The molecule has 0 saturated heterocycles. The zero-order chi connectivity index (χ0) is 27.2. The van der Waals surface area contributed by atoms with Crippen molar-refractivity contribution in [3.8, 4) is 0 Å². The minimum absolute atomic E-state index is 0.0803. The van der Waals surface area contributed by atoms with Crippen LogP contribution in [0.1, 0.15) is 56.6 Å². The van der Waals surface area contributed by atoms with E-state index in [0.717, 1.165) is 48.2 Å². The van der Waals surface area contributed by atoms with E-state index in [1.54, 1.807) is 49.4 Å². The summed E-state index contributed by atoms with van der Waals surface area (Å²) in [4.78, 5) is 28.7. The molecule has 2 aromatic rings. The number of carbonyl (C=O) groups excluding carboxylic acids is 2. The van der Waals surface area contributed by atoms with E-state index in [9.17, 15) is 18.0 Å². The van der Waals surface area contributed by atoms with Gasteiger partial charge in [0.2, 0.25) is 21.8 Å². The van der Waals surface area contributed by atoms with Crippen LogP contribution in [-0.4, -0.2) is 50.0 Å². The van der Waals surface area contributed by atoms with Gasteiger partial charge in [-0.1, -0.05) is 73.7 Å². The van der Waals surface area contributed by atoms with Crippen molar-refractivity contribution in [2.24, 2.45) is 0 Å². The monoisotopic (exact) mass is 567 g/mol. The highest BCUT2D eigenvalue weighted by Crippen LogP contribution is 2.26. The molecule has 1 atom stereocenters. The standard InChI is InChI=1S/C27H35Cl2N3O4S/c1-4-24(27(34)30-21-11-6-5-7-12-21)31(17-20-14-15-22(28)23(29)16-20)26(33)18-32(37(3,35)36)25-13-9-8-10-19(25)2/h8-10,13-16,21,24H,4-7,11-12,17-18H2,1-3H3,(H,30,34). The average Bonchev–Trinajstić information content (AvgIpc) is 2.85. The number of halogens is 2. The van der Waals surface area contributed by atoms with Gasteiger partial charge < -0.3 is 10.2 Å². The molecule has 1 fully saturated rings. The Balaban J connectivity index is 1.94. The third-order valence-electron chi connectivity index (χ3n) is 6.74. The summed E-state index contributed by atoms with van der Waals surface area (Å²) in [7, 11) is -3.78. The molecule has 2 amide bonds. The van der Waals surface area contributed by atoms with E-state index in [4.69, 9.17) is 23.2 Å². The van der Waals surface area contributed by atoms with Gasteiger partial charge in [0.1, 0.15) is 12.6 Å². The van der Waals surface area contributed by atoms with Crippen LogP contribution in [0, 0.1) is 6.92 Å². The van der Waals surface area contributed by atoms with Crippen molar-refractivity contribution in [3.63, 3.8) is 0 Å². The molecule has 10 heteroatoms. The lowest BCUT2D eigenvalue weighted by Crippen LogP contribution is -2.54. The van der Waals surface area contributed by atoms with Crippen LogP contribution >= 0.6 is 23.2 Å². The van der Waals surface area contributed by atoms with Gasteiger partial charge in [-0.2, -0.15) is 0 Å². The van der Waals surface area contributed by atoms with Crippen LogP contribution in [0.2, 0.25) is 10.0 Å². The molecule has 37 heavy (non-hydrogen) atoms. The second-order valence-corrected chi connectivity index (χ2v) is 12.3. The molecule has 1 aliphatic carbocycles. The summed E-state index contributed by atoms with van der Waals surface area (Å²) in [6.45, 7) is 3.28. The predicted molar refractivity (Wildman–Crippen MR) is 149 cm³/mol. The second-order valence-electron chi connectivity index (χ2n) is 9.59. The van der Waals surface area contributed by atoms with Gasteiger partial charge in [0.25, 0.3) is 0 Å². The molecule has 202 valence electrons. The van der Waals surface area contributed by atoms with E-state index in [0.29, 0.717) is 27.7 Å². The number of amides is 2. The maximum atomic E-state index is 13.8. The van der Waals surface area contributed by atoms with Crippen LogP contribution in [-0.2, 0) is 26.2 Å². The number of nitrogens with zero attached hydrogens (tertiary/aromatic N) is 2. The zero-order valence-electron chi connectivity index (χ0n) is 21.5. The summed E-state index contributed by atoms with van der Waals surface area (Å²) in [6.07, 6.45) is 6.56. The molecule has 0 bridgehead atoms. The molecule has 0 aromatic heterocycles. The first-order valence-corrected chi connectivity index (χ1v) is 15.2. The zero-order valence-corrected chi connectivity index (χ0v) is 23.9. The second kappa shape index (κ2) is 13.0. The molecule has 0 spiro atoms. The number of rotatable bonds is 10. The lowest BCUT2D eigenvalue weighted by atomic mass is 9.95. The highest BCUT2D eigenvalue weighted by molar-refractivity contribution is 7.92. The van der Waals surface area contributed by atoms with Crippen molar-refractivity contribution in [2.45, 2.75) is 71.0 Å². The largest absolute Gasteiger partial charge is 0.352 e. The summed E-state index contributed by atoms with van der Waals surface area (Å²) in [5, 5.41) is 3.84. The molecule has 0 aliphatic heterocycles. The minimum atomic E-state index is -3.78. The summed E-state index contributed by atoms with van der Waals surface area (Å²) < 4.78 is 26.6. The predicted octanol–water partition coefficient (Wildman–Crippen LogP) is 5.32. The summed E-state index contributed by atoms with van der Waals surface area (Å²) in [6, 6.07) is 11.3. The van der Waals surface area contributed by atoms with Gasteiger partial charge in [0.05, 0.1) is 22.0 Å². The topological polar surface area (TPSA) is 86.8 Å². The van der Waals surface area contributed by atoms with Crippen LogP contribution in [0.3, 0.4) is 0 Å². The van der Waals surface area contributed by atoms with Gasteiger partial charge in [-0.25, -0.2) is 8.42 Å². The summed E-state index contributed by atoms with van der Waals surface area (Å²) in [5.74, 6) is -0.713. The van der Waals surface area contributed by atoms with Crippen molar-refractivity contribution in [1.29, 1.82) is 0 Å². The first-order chi connectivity index (χ1) is 17.5. The summed E-state index contributed by atoms with van der Waals surface area (Å²) in [5.41, 5.74) is 1.83. The van der Waals surface area contributed by atoms with Gasteiger partial charge in [-0.15, -0.1) is 0 Å². The molecular weight excluding hydrogens is 533 g/mol. The number of aryl methyl sites for hydroxylation is 1. The molecule has 1 N–H and O–H groups in total. The van der Waals surface area contributed by atoms with Crippen LogP contribution in [0.4, 0.5) is 5.69 Å². The molecule has 7 nitrogen and oxygen atoms in total. The van der Waals surface area contributed by atoms with E-state index >= 15 is 0 Å². The maximum absolute atomic E-state index is 13.8. The van der Waals surface area contributed by atoms with Crippen LogP contribution < -0.4 is 9.62 Å². The van der Waals surface area contributed by atoms with Gasteiger partial charge in [0, 0.05) is 12.6 Å². The average molecular weight is 569 g/mol. The number of hydrogen-bond donors (Lipinski definition) is 1. The number of hydrogen-bond acceptors (Lipinski definition) is 4. The Hall–Kier alpha value is -2.29. The Labute approximate surface area is 230 Å². The SMILES string of the molecule is CCC(C(=O)NC1CCCCC1)N(Cc1ccc(Cl)c(Cl)c1)C(=O)CN(c1ccccc1C)S(C)(=O)=O. The highest BCUT2D eigenvalue weighted by Gasteiger charge is 2.33. The van der Waals surface area contributed by atoms with Gasteiger partial charge in [0.15, 0.2) is 0 Å². The van der Waals surface area contributed by atoms with E-state index < -0.39 is 28.5 Å². The third kappa shape index (κ3) is 7.85. The van der Waals surface area contributed by atoms with E-state index in [1.807, 2.05) is 6.92 Å². The normalized spacial score (nSPS) is 15.2. The number of sulfonamides is 1. The molecule has 0 radical (unpaired) electrons. The fourth-order valence-corrected chi connectivity index (χ4v) is 5.96. The molecule has 0 heterocycles. The van der Waals surface area contributed by atoms with E-state index in [1.165, 1.54) is 4.90 Å². The van der Waals surface area contributed by atoms with Crippen molar-refractivity contribution in [3.05, 3.63) is 63.6 Å². The molecular formula is C27H35Cl2N3O4S. The van der Waals surface area contributed by atoms with E-state index in [-0.39, 0.29) is 18.5 Å². The fraction of sp³-hybridized carbons (Fsp3) is 0.481. The first-order valence-electron chi connectivity index (χ1n) is 12.6. The van der Waals surface area contributed by atoms with Crippen molar-refractivity contribution in [2.75, 3.05) is 17.1 Å². The van der Waals surface area contributed by atoms with Crippen LogP contribution in [0.15, 0.2) is 42.5 Å². The number of nitrogens with one attached hydrogen (secondary N) is 1. The Morgan fingerprint density at radius 1 is 1.05 bits per heavy atom. The fourth-order valence-electron chi connectivity index (χ4n) is 4.74. The van der Waals surface area contributed by atoms with Gasteiger partial charge >= 0.3 is 0 Å². The van der Waals surface area contributed by atoms with Crippen molar-refractivity contribution in [1.82, 2.24) is 10.2 Å². The molecule has 1 unspecified atom stereocenters. The smallest absolute Gasteiger partial charge is 0.244 e. The van der Waals surface area contributed by atoms with Gasteiger partial charge in [-0.3, -0.25) is 13.9 Å². The molecule has 3 rings (SSSR count). The third-order valence-corrected chi connectivity index (χ3v) is 8.60. The Morgan fingerprint density at radius 3 is 2.32 bits per heavy atom. The molecule has 1 aliphatic rings. The summed E-state index contributed by atoms with van der Waals surface area (Å²) >= 11 is 12.3. The van der Waals surface area contributed by atoms with E-state index in [2.05, 4.69) is 5.32 Å². The number of benzene rings is 2. The first kappa shape index (κ1) is 29.3. The Bertz CT molecular complexity index is 1220. The van der Waals surface area contributed by atoms with Gasteiger partial charge in [-0.05, 0) is 55.5 Å². The quantitative estimate of drug-likeness (QED) is 0.420. The maximum Gasteiger partial charge on any atom is 0.244 e. The van der Waals surface area contributed by atoms with Crippen LogP contribution in [0.5, 0.6) is 0 Å². The Morgan fingerprint density at radius 2 is 1.73 bits per heavy atom. The highest BCUT2D eigenvalue weighted by atomic mass is 35.5. The van der Waals surface area contributed by atoms with Crippen molar-refractivity contribution >= 4 is 50.7 Å². The molecule has 2 aromatic carbocycles. The van der Waals surface area contributed by atoms with Crippen molar-refractivity contribution < 1.29 is 18.0 Å². The number of carbonyl (C=O) groups is 2. The minimum Gasteiger partial charge on any atom is -0.352 e. The number of para-hydroxylation sites is 1.